The van der Waals surface area contributed by atoms with E-state index in [1.54, 1.807) is 24.2 Å². The molecule has 4 heteroatoms. The summed E-state index contributed by atoms with van der Waals surface area (Å²) in [5.74, 6) is 0.781. The fourth-order valence-electron chi connectivity index (χ4n) is 0.780. The first-order valence-corrected chi connectivity index (χ1v) is 3.60. The van der Waals surface area contributed by atoms with Crippen LogP contribution in [0, 0.1) is 0 Å². The number of aldehydes is 1. The highest BCUT2D eigenvalue weighted by atomic mass is 16.1. The Morgan fingerprint density at radius 3 is 2.75 bits per heavy atom. The number of hydrazine groups is 1. The molecular formula is C8H11N3O. The number of rotatable bonds is 3. The minimum atomic E-state index is 0.586. The maximum atomic E-state index is 10.3. The third kappa shape index (κ3) is 1.79. The number of carbonyl (C=O) groups is 1. The largest absolute Gasteiger partial charge is 0.298 e. The molecule has 1 N–H and O–H groups in total. The van der Waals surface area contributed by atoms with Gasteiger partial charge in [0.05, 0.1) is 0 Å². The predicted molar refractivity (Wildman–Crippen MR) is 47.1 cm³/mol. The van der Waals surface area contributed by atoms with E-state index in [9.17, 15) is 4.79 Å². The van der Waals surface area contributed by atoms with Crippen LogP contribution in [-0.2, 0) is 0 Å². The Kier molecular flexibility index (Phi) is 2.76. The summed E-state index contributed by atoms with van der Waals surface area (Å²) >= 11 is 0. The Hall–Kier alpha value is -1.42. The van der Waals surface area contributed by atoms with Gasteiger partial charge in [0, 0.05) is 25.9 Å². The van der Waals surface area contributed by atoms with E-state index in [-0.39, 0.29) is 0 Å². The molecule has 0 radical (unpaired) electrons. The molecule has 0 aliphatic carbocycles. The number of anilines is 1. The van der Waals surface area contributed by atoms with Gasteiger partial charge in [-0.25, -0.2) is 10.4 Å². The highest BCUT2D eigenvalue weighted by molar-refractivity contribution is 5.74. The van der Waals surface area contributed by atoms with Gasteiger partial charge < -0.3 is 0 Å². The predicted octanol–water partition coefficient (Wildman–Crippen LogP) is 0.465. The SMILES string of the molecule is CNN(C)c1ccc(C=O)cn1. The van der Waals surface area contributed by atoms with Crippen LogP contribution in [0.15, 0.2) is 18.3 Å². The van der Waals surface area contributed by atoms with Crippen molar-refractivity contribution in [1.29, 1.82) is 0 Å². The summed E-state index contributed by atoms with van der Waals surface area (Å²) in [6.07, 6.45) is 2.31. The van der Waals surface area contributed by atoms with Gasteiger partial charge in [0.15, 0.2) is 6.29 Å². The van der Waals surface area contributed by atoms with Crippen molar-refractivity contribution < 1.29 is 4.79 Å². The number of hydrogen-bond acceptors (Lipinski definition) is 4. The van der Waals surface area contributed by atoms with Gasteiger partial charge in [-0.15, -0.1) is 0 Å². The van der Waals surface area contributed by atoms with Crippen molar-refractivity contribution in [2.75, 3.05) is 19.1 Å². The van der Waals surface area contributed by atoms with Crippen LogP contribution in [0.5, 0.6) is 0 Å². The molecule has 0 saturated carbocycles. The van der Waals surface area contributed by atoms with Gasteiger partial charge in [0.1, 0.15) is 5.82 Å². The lowest BCUT2D eigenvalue weighted by Crippen LogP contribution is -2.30. The van der Waals surface area contributed by atoms with Crippen molar-refractivity contribution in [2.45, 2.75) is 0 Å². The van der Waals surface area contributed by atoms with Crippen LogP contribution in [-0.4, -0.2) is 25.4 Å². The molecule has 0 fully saturated rings. The average Bonchev–Trinajstić information content (AvgIpc) is 2.17. The van der Waals surface area contributed by atoms with Crippen LogP contribution in [0.2, 0.25) is 0 Å². The highest BCUT2D eigenvalue weighted by Crippen LogP contribution is 2.05. The van der Waals surface area contributed by atoms with Gasteiger partial charge in [0.2, 0.25) is 0 Å². The molecular weight excluding hydrogens is 154 g/mol. The van der Waals surface area contributed by atoms with Crippen molar-refractivity contribution in [3.63, 3.8) is 0 Å². The summed E-state index contributed by atoms with van der Waals surface area (Å²) in [7, 11) is 3.65. The summed E-state index contributed by atoms with van der Waals surface area (Å²) in [4.78, 5) is 14.3. The second-order valence-corrected chi connectivity index (χ2v) is 2.35. The number of nitrogens with one attached hydrogen (secondary N) is 1. The molecule has 0 aromatic carbocycles. The Morgan fingerprint density at radius 1 is 1.58 bits per heavy atom. The van der Waals surface area contributed by atoms with E-state index in [1.807, 2.05) is 7.05 Å². The van der Waals surface area contributed by atoms with Gasteiger partial charge in [-0.2, -0.15) is 0 Å². The van der Waals surface area contributed by atoms with Gasteiger partial charge in [-0.3, -0.25) is 9.80 Å². The minimum absolute atomic E-state index is 0.586. The maximum absolute atomic E-state index is 10.3. The van der Waals surface area contributed by atoms with E-state index < -0.39 is 0 Å². The molecule has 0 unspecified atom stereocenters. The summed E-state index contributed by atoms with van der Waals surface area (Å²) in [5, 5.41) is 1.76. The number of aromatic nitrogens is 1. The molecule has 0 aliphatic heterocycles. The molecule has 0 atom stereocenters. The van der Waals surface area contributed by atoms with Gasteiger partial charge in [-0.05, 0) is 12.1 Å². The zero-order valence-corrected chi connectivity index (χ0v) is 7.11. The lowest BCUT2D eigenvalue weighted by Gasteiger charge is -2.15. The standard InChI is InChI=1S/C8H11N3O/c1-9-11(2)8-4-3-7(6-12)5-10-8/h3-6,9H,1-2H3. The molecule has 12 heavy (non-hydrogen) atoms. The first-order valence-electron chi connectivity index (χ1n) is 3.60. The third-order valence-electron chi connectivity index (χ3n) is 1.59. The van der Waals surface area contributed by atoms with Gasteiger partial charge in [0.25, 0.3) is 0 Å². The number of nitrogens with zero attached hydrogens (tertiary/aromatic N) is 2. The van der Waals surface area contributed by atoms with E-state index in [1.165, 1.54) is 6.20 Å². The average molecular weight is 165 g/mol. The number of pyridine rings is 1. The van der Waals surface area contributed by atoms with Crippen molar-refractivity contribution in [3.8, 4) is 0 Å². The Balaban J connectivity index is 2.84. The van der Waals surface area contributed by atoms with E-state index in [0.29, 0.717) is 5.56 Å². The third-order valence-corrected chi connectivity index (χ3v) is 1.59. The van der Waals surface area contributed by atoms with Crippen LogP contribution in [0.1, 0.15) is 10.4 Å². The number of carbonyl (C=O) groups excluding carboxylic acids is 1. The van der Waals surface area contributed by atoms with E-state index >= 15 is 0 Å². The van der Waals surface area contributed by atoms with Crippen molar-refractivity contribution in [3.05, 3.63) is 23.9 Å². The van der Waals surface area contributed by atoms with Crippen LogP contribution in [0.25, 0.3) is 0 Å². The lowest BCUT2D eigenvalue weighted by molar-refractivity contribution is 0.112. The molecule has 0 spiro atoms. The van der Waals surface area contributed by atoms with E-state index in [0.717, 1.165) is 12.1 Å². The Morgan fingerprint density at radius 2 is 2.33 bits per heavy atom. The summed E-state index contributed by atoms with van der Waals surface area (Å²) in [6.45, 7) is 0. The minimum Gasteiger partial charge on any atom is -0.298 e. The Labute approximate surface area is 71.2 Å². The second kappa shape index (κ2) is 3.82. The Bertz CT molecular complexity index is 258. The van der Waals surface area contributed by atoms with Crippen molar-refractivity contribution in [2.24, 2.45) is 0 Å². The topological polar surface area (TPSA) is 45.2 Å². The molecule has 64 valence electrons. The molecule has 1 heterocycles. The maximum Gasteiger partial charge on any atom is 0.151 e. The summed E-state index contributed by atoms with van der Waals surface area (Å²) in [6, 6.07) is 3.50. The summed E-state index contributed by atoms with van der Waals surface area (Å²) < 4.78 is 0. The molecule has 4 nitrogen and oxygen atoms in total. The summed E-state index contributed by atoms with van der Waals surface area (Å²) in [5.41, 5.74) is 3.49. The first kappa shape index (κ1) is 8.67. The molecule has 1 aromatic heterocycles. The van der Waals surface area contributed by atoms with Crippen LogP contribution in [0.4, 0.5) is 5.82 Å². The molecule has 0 bridgehead atoms. The second-order valence-electron chi connectivity index (χ2n) is 2.35. The zero-order valence-electron chi connectivity index (χ0n) is 7.11. The highest BCUT2D eigenvalue weighted by Gasteiger charge is 1.97. The van der Waals surface area contributed by atoms with Crippen molar-refractivity contribution in [1.82, 2.24) is 10.4 Å². The fraction of sp³-hybridized carbons (Fsp3) is 0.250. The smallest absolute Gasteiger partial charge is 0.151 e. The van der Waals surface area contributed by atoms with Crippen molar-refractivity contribution >= 4 is 12.1 Å². The van der Waals surface area contributed by atoms with Crippen LogP contribution in [0.3, 0.4) is 0 Å². The quantitative estimate of drug-likeness (QED) is 0.522. The zero-order chi connectivity index (χ0) is 8.97. The fourth-order valence-corrected chi connectivity index (χ4v) is 0.780. The molecule has 1 aromatic rings. The van der Waals surface area contributed by atoms with E-state index in [4.69, 9.17) is 0 Å². The molecule has 1 rings (SSSR count). The van der Waals surface area contributed by atoms with Crippen LogP contribution >= 0.6 is 0 Å². The molecule has 0 amide bonds. The van der Waals surface area contributed by atoms with E-state index in [2.05, 4.69) is 10.4 Å². The number of hydrogen-bond donors (Lipinski definition) is 1. The monoisotopic (exact) mass is 165 g/mol. The van der Waals surface area contributed by atoms with Gasteiger partial charge >= 0.3 is 0 Å². The first-order chi connectivity index (χ1) is 5.77. The lowest BCUT2D eigenvalue weighted by atomic mass is 10.3. The normalized spacial score (nSPS) is 9.50. The molecule has 0 aliphatic rings. The van der Waals surface area contributed by atoms with Crippen LogP contribution < -0.4 is 10.4 Å². The molecule has 0 saturated heterocycles. The van der Waals surface area contributed by atoms with Gasteiger partial charge in [-0.1, -0.05) is 0 Å².